The van der Waals surface area contributed by atoms with Gasteiger partial charge in [0.05, 0.1) is 6.04 Å². The van der Waals surface area contributed by atoms with Crippen LogP contribution >= 0.6 is 23.2 Å². The van der Waals surface area contributed by atoms with Gasteiger partial charge in [-0.1, -0.05) is 59.6 Å². The van der Waals surface area contributed by atoms with Crippen molar-refractivity contribution in [3.63, 3.8) is 0 Å². The molecule has 4 heteroatoms. The molecule has 0 aromatic heterocycles. The van der Waals surface area contributed by atoms with Crippen molar-refractivity contribution in [1.82, 2.24) is 0 Å². The topological polar surface area (TPSA) is 29.1 Å². The van der Waals surface area contributed by atoms with Crippen molar-refractivity contribution in [2.45, 2.75) is 25.3 Å². The first-order valence-corrected chi connectivity index (χ1v) is 9.89. The molecule has 0 amide bonds. The number of nitrogens with one attached hydrogen (secondary N) is 1. The summed E-state index contributed by atoms with van der Waals surface area (Å²) in [4.78, 5) is 13.0. The summed E-state index contributed by atoms with van der Waals surface area (Å²) in [5.41, 5.74) is 5.00. The van der Waals surface area contributed by atoms with Crippen molar-refractivity contribution in [3.05, 3.63) is 81.3 Å². The van der Waals surface area contributed by atoms with Crippen molar-refractivity contribution in [2.24, 2.45) is 0 Å². The fourth-order valence-corrected chi connectivity index (χ4v) is 4.88. The van der Waals surface area contributed by atoms with E-state index in [1.807, 2.05) is 24.3 Å². The molecule has 27 heavy (non-hydrogen) atoms. The number of allylic oxidation sites excluding steroid dienone is 1. The summed E-state index contributed by atoms with van der Waals surface area (Å²) < 4.78 is 0. The Morgan fingerprint density at radius 3 is 2.67 bits per heavy atom. The second-order valence-electron chi connectivity index (χ2n) is 7.13. The molecule has 0 saturated heterocycles. The standard InChI is InChI=1S/C23H17Cl2NO/c24-14-9-10-16(18(25)12-14)23-17-6-3-7-20(27)22(17)21-15-5-2-1-4-13(15)8-11-19(21)26-23/h1-2,4-5,8-12,23,26H,3,6-7H2. The summed E-state index contributed by atoms with van der Waals surface area (Å²) in [7, 11) is 0. The average Bonchev–Trinajstić information content (AvgIpc) is 2.67. The Hall–Kier alpha value is -2.29. The van der Waals surface area contributed by atoms with E-state index in [1.54, 1.807) is 6.07 Å². The molecule has 1 aliphatic carbocycles. The fourth-order valence-electron chi connectivity index (χ4n) is 4.36. The number of benzene rings is 3. The van der Waals surface area contributed by atoms with Crippen molar-refractivity contribution >= 4 is 51.0 Å². The minimum atomic E-state index is -0.109. The van der Waals surface area contributed by atoms with E-state index in [1.165, 1.54) is 0 Å². The molecule has 1 atom stereocenters. The highest BCUT2D eigenvalue weighted by Gasteiger charge is 2.35. The van der Waals surface area contributed by atoms with Crippen molar-refractivity contribution in [1.29, 1.82) is 0 Å². The van der Waals surface area contributed by atoms with Gasteiger partial charge in [0.15, 0.2) is 5.78 Å². The molecular weight excluding hydrogens is 377 g/mol. The second-order valence-corrected chi connectivity index (χ2v) is 7.97. The molecule has 1 heterocycles. The molecule has 0 fully saturated rings. The largest absolute Gasteiger partial charge is 0.374 e. The van der Waals surface area contributed by atoms with Gasteiger partial charge in [-0.05, 0) is 52.9 Å². The molecule has 2 nitrogen and oxygen atoms in total. The molecular formula is C23H17Cl2NO. The SMILES string of the molecule is O=C1CCCC2=C1c1c(ccc3ccccc13)NC2c1ccc(Cl)cc1Cl. The van der Waals surface area contributed by atoms with E-state index in [9.17, 15) is 4.79 Å². The lowest BCUT2D eigenvalue weighted by Crippen LogP contribution is -2.26. The first-order valence-electron chi connectivity index (χ1n) is 9.13. The Bertz CT molecular complexity index is 1130. The number of halogens is 2. The van der Waals surface area contributed by atoms with Gasteiger partial charge in [-0.15, -0.1) is 0 Å². The lowest BCUT2D eigenvalue weighted by molar-refractivity contribution is -0.114. The number of rotatable bonds is 1. The number of anilines is 1. The number of hydrogen-bond donors (Lipinski definition) is 1. The molecule has 0 spiro atoms. The van der Waals surface area contributed by atoms with Crippen molar-refractivity contribution in [3.8, 4) is 0 Å². The summed E-state index contributed by atoms with van der Waals surface area (Å²) in [6, 6.07) is 17.9. The number of Topliss-reactive ketones (excluding diaryl/α,β-unsaturated/α-hetero) is 1. The van der Waals surface area contributed by atoms with Crippen molar-refractivity contribution in [2.75, 3.05) is 5.32 Å². The third kappa shape index (κ3) is 2.67. The molecule has 3 aromatic carbocycles. The number of carbonyl (C=O) groups excluding carboxylic acids is 1. The second kappa shape index (κ2) is 6.40. The molecule has 0 saturated carbocycles. The van der Waals surface area contributed by atoms with Crippen LogP contribution in [0.15, 0.2) is 60.2 Å². The predicted molar refractivity (Wildman–Crippen MR) is 113 cm³/mol. The van der Waals surface area contributed by atoms with Crippen LogP contribution in [-0.4, -0.2) is 5.78 Å². The zero-order valence-corrected chi connectivity index (χ0v) is 16.1. The minimum absolute atomic E-state index is 0.109. The normalized spacial score (nSPS) is 18.9. The summed E-state index contributed by atoms with van der Waals surface area (Å²) in [5.74, 6) is 0.227. The van der Waals surface area contributed by atoms with Crippen LogP contribution in [0.2, 0.25) is 10.0 Å². The molecule has 5 rings (SSSR count). The molecule has 134 valence electrons. The van der Waals surface area contributed by atoms with Gasteiger partial charge in [0.25, 0.3) is 0 Å². The van der Waals surface area contributed by atoms with E-state index in [0.717, 1.165) is 51.6 Å². The zero-order valence-electron chi connectivity index (χ0n) is 14.6. The third-order valence-corrected chi connectivity index (χ3v) is 6.11. The van der Waals surface area contributed by atoms with Crippen LogP contribution in [-0.2, 0) is 4.79 Å². The van der Waals surface area contributed by atoms with Crippen LogP contribution in [0.3, 0.4) is 0 Å². The van der Waals surface area contributed by atoms with Gasteiger partial charge in [-0.25, -0.2) is 0 Å². The zero-order chi connectivity index (χ0) is 18.5. The first kappa shape index (κ1) is 16.9. The maximum atomic E-state index is 13.0. The molecule has 1 N–H and O–H groups in total. The van der Waals surface area contributed by atoms with Gasteiger partial charge in [-0.3, -0.25) is 4.79 Å². The minimum Gasteiger partial charge on any atom is -0.374 e. The van der Waals surface area contributed by atoms with E-state index in [-0.39, 0.29) is 11.8 Å². The smallest absolute Gasteiger partial charge is 0.163 e. The molecule has 1 unspecified atom stereocenters. The lowest BCUT2D eigenvalue weighted by atomic mass is 9.77. The van der Waals surface area contributed by atoms with E-state index in [4.69, 9.17) is 23.2 Å². The Morgan fingerprint density at radius 1 is 0.963 bits per heavy atom. The van der Waals surface area contributed by atoms with Crippen molar-refractivity contribution < 1.29 is 4.79 Å². The van der Waals surface area contributed by atoms with Crippen LogP contribution in [0.4, 0.5) is 5.69 Å². The monoisotopic (exact) mass is 393 g/mol. The van der Waals surface area contributed by atoms with Gasteiger partial charge in [0, 0.05) is 33.3 Å². The maximum Gasteiger partial charge on any atom is 0.163 e. The highest BCUT2D eigenvalue weighted by molar-refractivity contribution is 6.35. The Balaban J connectivity index is 1.79. The molecule has 0 radical (unpaired) electrons. The molecule has 0 bridgehead atoms. The maximum absolute atomic E-state index is 13.0. The van der Waals surface area contributed by atoms with Gasteiger partial charge >= 0.3 is 0 Å². The van der Waals surface area contributed by atoms with Crippen LogP contribution in [0.1, 0.15) is 36.4 Å². The molecule has 1 aliphatic heterocycles. The third-order valence-electron chi connectivity index (χ3n) is 5.55. The van der Waals surface area contributed by atoms with Crippen LogP contribution in [0.25, 0.3) is 16.3 Å². The number of hydrogen-bond acceptors (Lipinski definition) is 2. The van der Waals surface area contributed by atoms with Gasteiger partial charge in [0.2, 0.25) is 0 Å². The molecule has 3 aromatic rings. The average molecular weight is 394 g/mol. The molecule has 2 aliphatic rings. The quantitative estimate of drug-likeness (QED) is 0.491. The van der Waals surface area contributed by atoms with Crippen LogP contribution in [0, 0.1) is 0 Å². The van der Waals surface area contributed by atoms with Gasteiger partial charge in [-0.2, -0.15) is 0 Å². The first-order chi connectivity index (χ1) is 13.1. The summed E-state index contributed by atoms with van der Waals surface area (Å²) in [5, 5.41) is 7.14. The fraction of sp³-hybridized carbons (Fsp3) is 0.174. The predicted octanol–water partition coefficient (Wildman–Crippen LogP) is 6.82. The van der Waals surface area contributed by atoms with Crippen LogP contribution in [0.5, 0.6) is 0 Å². The summed E-state index contributed by atoms with van der Waals surface area (Å²) in [6.07, 6.45) is 2.37. The van der Waals surface area contributed by atoms with E-state index >= 15 is 0 Å². The van der Waals surface area contributed by atoms with Crippen LogP contribution < -0.4 is 5.32 Å². The summed E-state index contributed by atoms with van der Waals surface area (Å²) >= 11 is 12.6. The number of ketones is 1. The number of carbonyl (C=O) groups is 1. The van der Waals surface area contributed by atoms with Gasteiger partial charge < -0.3 is 5.32 Å². The Kier molecular flexibility index (Phi) is 3.99. The summed E-state index contributed by atoms with van der Waals surface area (Å²) in [6.45, 7) is 0. The van der Waals surface area contributed by atoms with E-state index in [0.29, 0.717) is 16.5 Å². The highest BCUT2D eigenvalue weighted by Crippen LogP contribution is 2.48. The lowest BCUT2D eigenvalue weighted by Gasteiger charge is -2.35. The number of fused-ring (bicyclic) bond motifs is 4. The van der Waals surface area contributed by atoms with E-state index < -0.39 is 0 Å². The van der Waals surface area contributed by atoms with E-state index in [2.05, 4.69) is 29.6 Å². The Labute approximate surface area is 167 Å². The Morgan fingerprint density at radius 2 is 1.81 bits per heavy atom. The van der Waals surface area contributed by atoms with Gasteiger partial charge in [0.1, 0.15) is 0 Å². The highest BCUT2D eigenvalue weighted by atomic mass is 35.5.